The zero-order valence-electron chi connectivity index (χ0n) is 11.5. The smallest absolute Gasteiger partial charge is 0.142 e. The van der Waals surface area contributed by atoms with Crippen LogP contribution in [0.5, 0.6) is 0 Å². The van der Waals surface area contributed by atoms with Gasteiger partial charge in [-0.05, 0) is 48.2 Å². The molecule has 1 N–H and O–H groups in total. The zero-order valence-corrected chi connectivity index (χ0v) is 12.2. The lowest BCUT2D eigenvalue weighted by Crippen LogP contribution is -2.34. The van der Waals surface area contributed by atoms with E-state index in [1.165, 1.54) is 12.1 Å². The number of nitrogens with one attached hydrogen (secondary N) is 1. The molecule has 1 heterocycles. The van der Waals surface area contributed by atoms with Gasteiger partial charge in [0.2, 0.25) is 0 Å². The van der Waals surface area contributed by atoms with Crippen LogP contribution in [0, 0.1) is 11.6 Å². The van der Waals surface area contributed by atoms with Crippen LogP contribution in [0.15, 0.2) is 42.5 Å². The Balaban J connectivity index is 1.98. The second-order valence-electron chi connectivity index (χ2n) is 5.40. The molecule has 1 aliphatic heterocycles. The first-order valence-corrected chi connectivity index (χ1v) is 7.44. The summed E-state index contributed by atoms with van der Waals surface area (Å²) < 4.78 is 27.8. The maximum Gasteiger partial charge on any atom is 0.142 e. The number of halogens is 3. The fraction of sp³-hybridized carbons (Fsp3) is 0.294. The van der Waals surface area contributed by atoms with E-state index < -0.39 is 5.82 Å². The van der Waals surface area contributed by atoms with Crippen molar-refractivity contribution in [1.29, 1.82) is 0 Å². The number of hydrogen-bond donors (Lipinski definition) is 1. The lowest BCUT2D eigenvalue weighted by molar-refractivity contribution is 0.392. The van der Waals surface area contributed by atoms with E-state index in [0.29, 0.717) is 12.1 Å². The fourth-order valence-corrected chi connectivity index (χ4v) is 3.22. The van der Waals surface area contributed by atoms with E-state index >= 15 is 0 Å². The molecule has 110 valence electrons. The molecule has 1 nitrogen and oxygen atoms in total. The van der Waals surface area contributed by atoms with Gasteiger partial charge in [-0.15, -0.1) is 0 Å². The van der Waals surface area contributed by atoms with Crippen molar-refractivity contribution in [3.63, 3.8) is 0 Å². The Bertz CT molecular complexity index is 644. The summed E-state index contributed by atoms with van der Waals surface area (Å²) in [6.07, 6.45) is 0.847. The summed E-state index contributed by atoms with van der Waals surface area (Å²) in [6, 6.07) is 11.7. The van der Waals surface area contributed by atoms with Gasteiger partial charge in [-0.3, -0.25) is 0 Å². The monoisotopic (exact) mass is 307 g/mol. The quantitative estimate of drug-likeness (QED) is 0.862. The molecule has 21 heavy (non-hydrogen) atoms. The molecule has 1 saturated heterocycles. The van der Waals surface area contributed by atoms with Gasteiger partial charge in [0, 0.05) is 12.5 Å². The van der Waals surface area contributed by atoms with E-state index in [1.54, 1.807) is 12.1 Å². The summed E-state index contributed by atoms with van der Waals surface area (Å²) in [4.78, 5) is 0. The Morgan fingerprint density at radius 2 is 1.81 bits per heavy atom. The predicted octanol–water partition coefficient (Wildman–Crippen LogP) is 4.48. The minimum absolute atomic E-state index is 0.000487. The molecule has 0 spiro atoms. The third kappa shape index (κ3) is 2.94. The first kappa shape index (κ1) is 14.5. The fourth-order valence-electron chi connectivity index (χ4n) is 3.10. The summed E-state index contributed by atoms with van der Waals surface area (Å²) in [5.41, 5.74) is 1.57. The van der Waals surface area contributed by atoms with Gasteiger partial charge in [0.15, 0.2) is 0 Å². The Morgan fingerprint density at radius 1 is 1.00 bits per heavy atom. The maximum atomic E-state index is 14.1. The Kier molecular flexibility index (Phi) is 4.22. The van der Waals surface area contributed by atoms with E-state index in [2.05, 4.69) is 5.32 Å². The molecule has 0 aliphatic carbocycles. The molecule has 2 aromatic rings. The van der Waals surface area contributed by atoms with Gasteiger partial charge >= 0.3 is 0 Å². The molecule has 0 amide bonds. The Labute approximate surface area is 127 Å². The average molecular weight is 308 g/mol. The van der Waals surface area contributed by atoms with E-state index in [0.717, 1.165) is 18.5 Å². The summed E-state index contributed by atoms with van der Waals surface area (Å²) in [6.45, 7) is 1.54. The second-order valence-corrected chi connectivity index (χ2v) is 5.81. The third-order valence-corrected chi connectivity index (χ3v) is 4.47. The molecule has 2 unspecified atom stereocenters. The molecular weight excluding hydrogens is 292 g/mol. The highest BCUT2D eigenvalue weighted by Crippen LogP contribution is 2.38. The minimum Gasteiger partial charge on any atom is -0.316 e. The predicted molar refractivity (Wildman–Crippen MR) is 80.8 cm³/mol. The van der Waals surface area contributed by atoms with Crippen molar-refractivity contribution in [2.75, 3.05) is 13.1 Å². The molecule has 0 aromatic heterocycles. The number of rotatable bonds is 2. The summed E-state index contributed by atoms with van der Waals surface area (Å²) >= 11 is 5.75. The highest BCUT2D eigenvalue weighted by atomic mass is 35.5. The molecule has 2 aromatic carbocycles. The number of hydrogen-bond acceptors (Lipinski definition) is 1. The van der Waals surface area contributed by atoms with Crippen molar-refractivity contribution in [3.8, 4) is 0 Å². The normalized spacial score (nSPS) is 22.2. The van der Waals surface area contributed by atoms with Crippen LogP contribution >= 0.6 is 11.6 Å². The van der Waals surface area contributed by atoms with E-state index in [-0.39, 0.29) is 22.7 Å². The van der Waals surface area contributed by atoms with E-state index in [1.807, 2.05) is 18.2 Å². The summed E-state index contributed by atoms with van der Waals surface area (Å²) in [5.74, 6) is -0.527. The third-order valence-electron chi connectivity index (χ3n) is 4.16. The van der Waals surface area contributed by atoms with Crippen LogP contribution in [-0.4, -0.2) is 13.1 Å². The summed E-state index contributed by atoms with van der Waals surface area (Å²) in [7, 11) is 0. The van der Waals surface area contributed by atoms with Crippen LogP contribution in [0.3, 0.4) is 0 Å². The van der Waals surface area contributed by atoms with Crippen LogP contribution in [0.2, 0.25) is 5.02 Å². The minimum atomic E-state index is -0.417. The highest BCUT2D eigenvalue weighted by molar-refractivity contribution is 6.30. The van der Waals surface area contributed by atoms with Crippen molar-refractivity contribution < 1.29 is 8.78 Å². The average Bonchev–Trinajstić information content (AvgIpc) is 2.51. The van der Waals surface area contributed by atoms with Crippen LogP contribution in [0.4, 0.5) is 8.78 Å². The van der Waals surface area contributed by atoms with Crippen molar-refractivity contribution in [3.05, 3.63) is 70.2 Å². The van der Waals surface area contributed by atoms with Crippen molar-refractivity contribution in [1.82, 2.24) is 5.32 Å². The van der Waals surface area contributed by atoms with Crippen LogP contribution in [0.1, 0.15) is 29.4 Å². The molecule has 1 fully saturated rings. The lowest BCUT2D eigenvalue weighted by atomic mass is 9.77. The highest BCUT2D eigenvalue weighted by Gasteiger charge is 2.29. The molecule has 3 rings (SSSR count). The molecule has 1 aliphatic rings. The number of benzene rings is 2. The van der Waals surface area contributed by atoms with Gasteiger partial charge in [0.05, 0.1) is 5.02 Å². The van der Waals surface area contributed by atoms with Gasteiger partial charge in [-0.1, -0.05) is 35.9 Å². The first-order valence-electron chi connectivity index (χ1n) is 7.07. The van der Waals surface area contributed by atoms with E-state index in [4.69, 9.17) is 11.6 Å². The van der Waals surface area contributed by atoms with Crippen molar-refractivity contribution in [2.45, 2.75) is 18.3 Å². The van der Waals surface area contributed by atoms with Gasteiger partial charge in [-0.2, -0.15) is 0 Å². The summed E-state index contributed by atoms with van der Waals surface area (Å²) in [5, 5.41) is 3.42. The SMILES string of the molecule is Fc1cc(C2CCNCC2c2ccccc2F)ccc1Cl. The Hall–Kier alpha value is -1.45. The molecule has 4 heteroatoms. The zero-order chi connectivity index (χ0) is 14.8. The first-order chi connectivity index (χ1) is 10.2. The van der Waals surface area contributed by atoms with Crippen LogP contribution in [-0.2, 0) is 0 Å². The molecule has 0 radical (unpaired) electrons. The molecule has 2 atom stereocenters. The molecular formula is C17H16ClF2N. The van der Waals surface area contributed by atoms with Gasteiger partial charge in [0.25, 0.3) is 0 Å². The second kappa shape index (κ2) is 6.12. The largest absolute Gasteiger partial charge is 0.316 e. The van der Waals surface area contributed by atoms with Crippen molar-refractivity contribution in [2.24, 2.45) is 0 Å². The lowest BCUT2D eigenvalue weighted by Gasteiger charge is -2.33. The standard InChI is InChI=1S/C17H16ClF2N/c18-15-6-5-11(9-17(15)20)12-7-8-21-10-14(12)13-3-1-2-4-16(13)19/h1-6,9,12,14,21H,7-8,10H2. The number of piperidine rings is 1. The van der Waals surface area contributed by atoms with Gasteiger partial charge < -0.3 is 5.32 Å². The van der Waals surface area contributed by atoms with Gasteiger partial charge in [0.1, 0.15) is 11.6 Å². The topological polar surface area (TPSA) is 12.0 Å². The molecule has 0 saturated carbocycles. The molecule has 0 bridgehead atoms. The van der Waals surface area contributed by atoms with Crippen LogP contribution in [0.25, 0.3) is 0 Å². The maximum absolute atomic E-state index is 14.1. The van der Waals surface area contributed by atoms with Gasteiger partial charge in [-0.25, -0.2) is 8.78 Å². The van der Waals surface area contributed by atoms with Crippen molar-refractivity contribution >= 4 is 11.6 Å². The van der Waals surface area contributed by atoms with E-state index in [9.17, 15) is 8.78 Å². The Morgan fingerprint density at radius 3 is 2.57 bits per heavy atom. The van der Waals surface area contributed by atoms with Crippen LogP contribution < -0.4 is 5.32 Å².